The van der Waals surface area contributed by atoms with Gasteiger partial charge in [0.1, 0.15) is 6.54 Å². The summed E-state index contributed by atoms with van der Waals surface area (Å²) in [5, 5.41) is 8.43. The highest BCUT2D eigenvalue weighted by Crippen LogP contribution is 2.31. The van der Waals surface area contributed by atoms with Gasteiger partial charge in [-0.1, -0.05) is 13.8 Å². The molecule has 98 valence electrons. The Balaban J connectivity index is 2.63. The fourth-order valence-electron chi connectivity index (χ4n) is 1.79. The van der Waals surface area contributed by atoms with Crippen LogP contribution in [0.25, 0.3) is 0 Å². The average Bonchev–Trinajstić information content (AvgIpc) is 2.48. The van der Waals surface area contributed by atoms with Crippen LogP contribution in [0.5, 0.6) is 0 Å². The number of likely N-dealkylation sites (tertiary alicyclic amines) is 1. The zero-order valence-electron chi connectivity index (χ0n) is 10.9. The third kappa shape index (κ3) is 2.86. The normalized spacial score (nSPS) is 17.8. The molecule has 1 aliphatic heterocycles. The molecular weight excluding hydrogens is 234 g/mol. The maximum atomic E-state index is 11.9. The minimum atomic E-state index is -0.720. The molecule has 6 heteroatoms. The molecule has 0 radical (unpaired) electrons. The lowest BCUT2D eigenvalue weighted by Gasteiger charge is -2.21. The van der Waals surface area contributed by atoms with Crippen molar-refractivity contribution >= 4 is 17.7 Å². The second-order valence-corrected chi connectivity index (χ2v) is 5.07. The summed E-state index contributed by atoms with van der Waals surface area (Å²) >= 11 is 0. The lowest BCUT2D eigenvalue weighted by atomic mass is 9.92. The Hall–Kier alpha value is -1.90. The molecule has 0 aromatic rings. The van der Waals surface area contributed by atoms with Crippen LogP contribution in [-0.2, 0) is 14.4 Å². The van der Waals surface area contributed by atoms with Gasteiger partial charge in [-0.25, -0.2) is 0 Å². The number of likely N-dealkylation sites (N-methyl/N-ethyl adjacent to an activating group) is 1. The number of carbonyl (C=O) groups excluding carboxylic acids is 3. The van der Waals surface area contributed by atoms with Gasteiger partial charge in [-0.2, -0.15) is 5.26 Å². The van der Waals surface area contributed by atoms with Crippen LogP contribution in [0.3, 0.4) is 0 Å². The van der Waals surface area contributed by atoms with Crippen LogP contribution in [0.4, 0.5) is 0 Å². The van der Waals surface area contributed by atoms with Crippen molar-refractivity contribution in [1.82, 2.24) is 9.80 Å². The second-order valence-electron chi connectivity index (χ2n) is 5.07. The third-order valence-electron chi connectivity index (χ3n) is 3.00. The second kappa shape index (κ2) is 5.17. The summed E-state index contributed by atoms with van der Waals surface area (Å²) in [6.07, 6.45) is 0.372. The number of carbonyl (C=O) groups is 3. The molecule has 18 heavy (non-hydrogen) atoms. The average molecular weight is 251 g/mol. The first kappa shape index (κ1) is 14.2. The molecule has 0 aromatic heterocycles. The molecule has 0 saturated carbocycles. The van der Waals surface area contributed by atoms with Crippen LogP contribution < -0.4 is 0 Å². The smallest absolute Gasteiger partial charge is 0.242 e. The predicted molar refractivity (Wildman–Crippen MR) is 63.0 cm³/mol. The molecule has 0 bridgehead atoms. The number of hydrogen-bond donors (Lipinski definition) is 0. The van der Waals surface area contributed by atoms with Crippen molar-refractivity contribution in [2.45, 2.75) is 26.7 Å². The summed E-state index contributed by atoms with van der Waals surface area (Å²) in [7, 11) is 1.55. The highest BCUT2D eigenvalue weighted by Gasteiger charge is 2.45. The van der Waals surface area contributed by atoms with Gasteiger partial charge in [-0.15, -0.1) is 0 Å². The monoisotopic (exact) mass is 251 g/mol. The maximum Gasteiger partial charge on any atom is 0.242 e. The number of nitrogens with zero attached hydrogens (tertiary/aromatic N) is 3. The first-order chi connectivity index (χ1) is 8.29. The van der Waals surface area contributed by atoms with Gasteiger partial charge in [0.05, 0.1) is 17.9 Å². The SMILES string of the molecule is CN(CCC#N)C(=O)CN1C(=O)CC(C)(C)C1=O. The molecular formula is C12H17N3O3. The molecule has 0 N–H and O–H groups in total. The van der Waals surface area contributed by atoms with Crippen molar-refractivity contribution < 1.29 is 14.4 Å². The van der Waals surface area contributed by atoms with E-state index in [0.29, 0.717) is 6.54 Å². The first-order valence-electron chi connectivity index (χ1n) is 5.75. The molecule has 0 unspecified atom stereocenters. The van der Waals surface area contributed by atoms with Crippen molar-refractivity contribution in [2.24, 2.45) is 5.41 Å². The van der Waals surface area contributed by atoms with Gasteiger partial charge in [0.2, 0.25) is 17.7 Å². The van der Waals surface area contributed by atoms with E-state index in [1.807, 2.05) is 6.07 Å². The molecule has 3 amide bonds. The Bertz CT molecular complexity index is 423. The maximum absolute atomic E-state index is 11.9. The van der Waals surface area contributed by atoms with Crippen molar-refractivity contribution in [3.8, 4) is 6.07 Å². The highest BCUT2D eigenvalue weighted by atomic mass is 16.2. The Morgan fingerprint density at radius 1 is 1.50 bits per heavy atom. The Kier molecular flexibility index (Phi) is 4.07. The molecule has 0 spiro atoms. The molecule has 1 saturated heterocycles. The first-order valence-corrected chi connectivity index (χ1v) is 5.75. The molecule has 1 heterocycles. The molecule has 1 fully saturated rings. The lowest BCUT2D eigenvalue weighted by molar-refractivity contribution is -0.146. The lowest BCUT2D eigenvalue weighted by Crippen LogP contribution is -2.42. The molecule has 1 aliphatic rings. The molecule has 6 nitrogen and oxygen atoms in total. The van der Waals surface area contributed by atoms with Crippen LogP contribution >= 0.6 is 0 Å². The van der Waals surface area contributed by atoms with E-state index in [4.69, 9.17) is 5.26 Å². The summed E-state index contributed by atoms with van der Waals surface area (Å²) in [6, 6.07) is 1.94. The van der Waals surface area contributed by atoms with Gasteiger partial charge in [-0.05, 0) is 0 Å². The summed E-state index contributed by atoms with van der Waals surface area (Å²) in [5.74, 6) is -0.953. The summed E-state index contributed by atoms with van der Waals surface area (Å²) in [4.78, 5) is 37.7. The van der Waals surface area contributed by atoms with E-state index >= 15 is 0 Å². The largest absolute Gasteiger partial charge is 0.343 e. The molecule has 0 atom stereocenters. The topological polar surface area (TPSA) is 81.5 Å². The summed E-state index contributed by atoms with van der Waals surface area (Å²) < 4.78 is 0. The van der Waals surface area contributed by atoms with E-state index in [2.05, 4.69) is 0 Å². The number of rotatable bonds is 4. The van der Waals surface area contributed by atoms with E-state index in [9.17, 15) is 14.4 Å². The van der Waals surface area contributed by atoms with E-state index in [1.165, 1.54) is 4.90 Å². The van der Waals surface area contributed by atoms with E-state index in [0.717, 1.165) is 4.90 Å². The predicted octanol–water partition coefficient (Wildman–Crippen LogP) is 0.144. The zero-order valence-corrected chi connectivity index (χ0v) is 10.9. The Morgan fingerprint density at radius 2 is 2.11 bits per heavy atom. The quantitative estimate of drug-likeness (QED) is 0.666. The van der Waals surface area contributed by atoms with Gasteiger partial charge in [0.25, 0.3) is 0 Å². The van der Waals surface area contributed by atoms with E-state index in [-0.39, 0.29) is 37.1 Å². The van der Waals surface area contributed by atoms with Crippen LogP contribution in [0.15, 0.2) is 0 Å². The van der Waals surface area contributed by atoms with Crippen molar-refractivity contribution in [3.63, 3.8) is 0 Å². The Labute approximate surface area is 106 Å². The van der Waals surface area contributed by atoms with Crippen molar-refractivity contribution in [1.29, 1.82) is 5.26 Å². The van der Waals surface area contributed by atoms with Gasteiger partial charge in [0.15, 0.2) is 0 Å². The number of nitriles is 1. The fraction of sp³-hybridized carbons (Fsp3) is 0.667. The Morgan fingerprint density at radius 3 is 2.56 bits per heavy atom. The van der Waals surface area contributed by atoms with Crippen LogP contribution in [0.2, 0.25) is 0 Å². The minimum Gasteiger partial charge on any atom is -0.343 e. The number of amides is 3. The standard InChI is InChI=1S/C12H17N3O3/c1-12(2)7-9(16)15(11(12)18)8-10(17)14(3)6-4-5-13/h4,6-8H2,1-3H3. The molecule has 1 rings (SSSR count). The molecule has 0 aliphatic carbocycles. The fourth-order valence-corrected chi connectivity index (χ4v) is 1.79. The third-order valence-corrected chi connectivity index (χ3v) is 3.00. The van der Waals surface area contributed by atoms with Crippen molar-refractivity contribution in [2.75, 3.05) is 20.1 Å². The van der Waals surface area contributed by atoms with Gasteiger partial charge < -0.3 is 4.90 Å². The summed E-state index contributed by atoms with van der Waals surface area (Å²) in [5.41, 5.74) is -0.720. The zero-order chi connectivity index (χ0) is 13.9. The van der Waals surface area contributed by atoms with Gasteiger partial charge >= 0.3 is 0 Å². The minimum absolute atomic E-state index is 0.140. The number of hydrogen-bond acceptors (Lipinski definition) is 4. The van der Waals surface area contributed by atoms with E-state index in [1.54, 1.807) is 20.9 Å². The van der Waals surface area contributed by atoms with Gasteiger partial charge in [0, 0.05) is 20.0 Å². The van der Waals surface area contributed by atoms with Crippen molar-refractivity contribution in [3.05, 3.63) is 0 Å². The molecule has 0 aromatic carbocycles. The van der Waals surface area contributed by atoms with Crippen LogP contribution in [-0.4, -0.2) is 47.7 Å². The van der Waals surface area contributed by atoms with Crippen LogP contribution in [0.1, 0.15) is 26.7 Å². The summed E-state index contributed by atoms with van der Waals surface area (Å²) in [6.45, 7) is 3.45. The van der Waals surface area contributed by atoms with Gasteiger partial charge in [-0.3, -0.25) is 19.3 Å². The number of imide groups is 1. The van der Waals surface area contributed by atoms with E-state index < -0.39 is 5.41 Å². The highest BCUT2D eigenvalue weighted by molar-refractivity contribution is 6.07. The van der Waals surface area contributed by atoms with Crippen LogP contribution in [0, 0.1) is 16.7 Å².